The van der Waals surface area contributed by atoms with Gasteiger partial charge in [0.2, 0.25) is 5.91 Å². The summed E-state index contributed by atoms with van der Waals surface area (Å²) in [6.45, 7) is 0. The summed E-state index contributed by atoms with van der Waals surface area (Å²) in [5.74, 6) is 1.04. The molecule has 0 bridgehead atoms. The van der Waals surface area contributed by atoms with Crippen LogP contribution in [0, 0.1) is 0 Å². The Labute approximate surface area is 191 Å². The predicted octanol–water partition coefficient (Wildman–Crippen LogP) is 5.57. The van der Waals surface area contributed by atoms with E-state index < -0.39 is 0 Å². The normalized spacial score (nSPS) is 13.9. The summed E-state index contributed by atoms with van der Waals surface area (Å²) in [4.78, 5) is 29.1. The van der Waals surface area contributed by atoms with Crippen LogP contribution in [0.15, 0.2) is 60.0 Å². The molecule has 0 saturated heterocycles. The Morgan fingerprint density at radius 2 is 1.72 bits per heavy atom. The number of thiazole rings is 1. The number of urea groups is 1. The van der Waals surface area contributed by atoms with Crippen LogP contribution in [0.4, 0.5) is 15.6 Å². The maximum atomic E-state index is 12.6. The quantitative estimate of drug-likeness (QED) is 0.439. The van der Waals surface area contributed by atoms with Crippen molar-refractivity contribution in [1.82, 2.24) is 10.3 Å². The molecule has 8 heteroatoms. The number of hydrogen-bond acceptors (Lipinski definition) is 5. The van der Waals surface area contributed by atoms with Gasteiger partial charge in [-0.1, -0.05) is 49.6 Å². The van der Waals surface area contributed by atoms with Gasteiger partial charge in [-0.2, -0.15) is 0 Å². The van der Waals surface area contributed by atoms with Crippen molar-refractivity contribution in [1.29, 1.82) is 0 Å². The Morgan fingerprint density at radius 1 is 0.969 bits per heavy atom. The van der Waals surface area contributed by atoms with E-state index in [2.05, 4.69) is 20.9 Å². The molecule has 0 aliphatic heterocycles. The van der Waals surface area contributed by atoms with Crippen LogP contribution in [-0.2, 0) is 11.2 Å². The third-order valence-corrected chi connectivity index (χ3v) is 5.99. The number of aromatic nitrogens is 1. The zero-order chi connectivity index (χ0) is 22.2. The van der Waals surface area contributed by atoms with Crippen LogP contribution in [0.5, 0.6) is 11.5 Å². The number of ether oxygens (including phenoxy) is 1. The molecule has 7 nitrogen and oxygen atoms in total. The molecule has 1 saturated carbocycles. The van der Waals surface area contributed by atoms with Gasteiger partial charge in [-0.25, -0.2) is 9.78 Å². The Kier molecular flexibility index (Phi) is 7.34. The third kappa shape index (κ3) is 6.31. The fourth-order valence-electron chi connectivity index (χ4n) is 3.64. The van der Waals surface area contributed by atoms with Crippen LogP contribution in [0.1, 0.15) is 37.8 Å². The summed E-state index contributed by atoms with van der Waals surface area (Å²) in [6, 6.07) is 16.7. The first kappa shape index (κ1) is 21.8. The lowest BCUT2D eigenvalue weighted by Gasteiger charge is -2.22. The number of benzene rings is 2. The number of hydrogen-bond donors (Lipinski definition) is 3. The number of nitrogens with zero attached hydrogens (tertiary/aromatic N) is 1. The Morgan fingerprint density at radius 3 is 2.53 bits per heavy atom. The third-order valence-electron chi connectivity index (χ3n) is 5.19. The molecule has 32 heavy (non-hydrogen) atoms. The van der Waals surface area contributed by atoms with Gasteiger partial charge in [0.15, 0.2) is 10.9 Å². The van der Waals surface area contributed by atoms with E-state index in [1.807, 2.05) is 42.5 Å². The van der Waals surface area contributed by atoms with Gasteiger partial charge < -0.3 is 15.4 Å². The molecular weight excluding hydrogens is 424 g/mol. The molecule has 4 rings (SSSR count). The van der Waals surface area contributed by atoms with E-state index in [0.29, 0.717) is 28.0 Å². The first-order chi connectivity index (χ1) is 15.7. The van der Waals surface area contributed by atoms with Crippen molar-refractivity contribution in [3.8, 4) is 11.5 Å². The van der Waals surface area contributed by atoms with Crippen LogP contribution in [0.3, 0.4) is 0 Å². The zero-order valence-electron chi connectivity index (χ0n) is 17.7. The molecule has 0 spiro atoms. The number of nitrogens with one attached hydrogen (secondary N) is 3. The molecule has 0 atom stereocenters. The van der Waals surface area contributed by atoms with E-state index in [1.54, 1.807) is 17.5 Å². The van der Waals surface area contributed by atoms with E-state index in [-0.39, 0.29) is 24.4 Å². The lowest BCUT2D eigenvalue weighted by Crippen LogP contribution is -2.39. The molecule has 1 fully saturated rings. The fourth-order valence-corrected chi connectivity index (χ4v) is 4.35. The summed E-state index contributed by atoms with van der Waals surface area (Å²) < 4.78 is 5.89. The molecular formula is C24H26N4O3S. The first-order valence-electron chi connectivity index (χ1n) is 10.8. The summed E-state index contributed by atoms with van der Waals surface area (Å²) >= 11 is 1.31. The molecule has 1 aromatic heterocycles. The maximum Gasteiger partial charge on any atom is 0.321 e. The number of para-hydroxylation sites is 3. The van der Waals surface area contributed by atoms with Crippen molar-refractivity contribution >= 4 is 34.1 Å². The topological polar surface area (TPSA) is 92.4 Å². The number of carbonyl (C=O) groups is 2. The van der Waals surface area contributed by atoms with E-state index in [0.717, 1.165) is 25.7 Å². The second-order valence-corrected chi connectivity index (χ2v) is 8.57. The minimum Gasteiger partial charge on any atom is -0.455 e. The molecule has 1 heterocycles. The van der Waals surface area contributed by atoms with Gasteiger partial charge in [-0.15, -0.1) is 11.3 Å². The van der Waals surface area contributed by atoms with Gasteiger partial charge in [0.25, 0.3) is 0 Å². The highest BCUT2D eigenvalue weighted by molar-refractivity contribution is 7.13. The SMILES string of the molecule is O=C(Cc1csc(NC(=O)NC2CCCCC2)n1)Nc1ccccc1Oc1ccccc1. The minimum absolute atomic E-state index is 0.0993. The largest absolute Gasteiger partial charge is 0.455 e. The van der Waals surface area contributed by atoms with Crippen molar-refractivity contribution < 1.29 is 14.3 Å². The van der Waals surface area contributed by atoms with Crippen molar-refractivity contribution in [2.24, 2.45) is 0 Å². The van der Waals surface area contributed by atoms with Crippen molar-refractivity contribution in [2.75, 3.05) is 10.6 Å². The Balaban J connectivity index is 1.30. The molecule has 1 aliphatic rings. The Bertz CT molecular complexity index is 1050. The van der Waals surface area contributed by atoms with Gasteiger partial charge >= 0.3 is 6.03 Å². The maximum absolute atomic E-state index is 12.6. The highest BCUT2D eigenvalue weighted by Crippen LogP contribution is 2.29. The molecule has 3 N–H and O–H groups in total. The Hall–Kier alpha value is -3.39. The van der Waals surface area contributed by atoms with E-state index in [1.165, 1.54) is 17.8 Å². The van der Waals surface area contributed by atoms with Gasteiger partial charge in [0.05, 0.1) is 17.8 Å². The number of amides is 3. The first-order valence-corrected chi connectivity index (χ1v) is 11.7. The summed E-state index contributed by atoms with van der Waals surface area (Å²) in [7, 11) is 0. The van der Waals surface area contributed by atoms with Crippen molar-refractivity contribution in [3.63, 3.8) is 0 Å². The lowest BCUT2D eigenvalue weighted by molar-refractivity contribution is -0.115. The zero-order valence-corrected chi connectivity index (χ0v) is 18.5. The molecule has 1 aliphatic carbocycles. The van der Waals surface area contributed by atoms with Gasteiger partial charge in [-0.05, 0) is 37.1 Å². The van der Waals surface area contributed by atoms with Crippen molar-refractivity contribution in [2.45, 2.75) is 44.6 Å². The summed E-state index contributed by atoms with van der Waals surface area (Å²) in [5, 5.41) is 10.9. The highest BCUT2D eigenvalue weighted by atomic mass is 32.1. The summed E-state index contributed by atoms with van der Waals surface area (Å²) in [5.41, 5.74) is 1.18. The van der Waals surface area contributed by atoms with Gasteiger partial charge in [0, 0.05) is 11.4 Å². The van der Waals surface area contributed by atoms with E-state index in [9.17, 15) is 9.59 Å². The number of rotatable bonds is 7. The second-order valence-electron chi connectivity index (χ2n) is 7.71. The van der Waals surface area contributed by atoms with Crippen LogP contribution in [-0.4, -0.2) is 23.0 Å². The average Bonchev–Trinajstić information content (AvgIpc) is 3.22. The fraction of sp³-hybridized carbons (Fsp3) is 0.292. The van der Waals surface area contributed by atoms with E-state index >= 15 is 0 Å². The smallest absolute Gasteiger partial charge is 0.321 e. The van der Waals surface area contributed by atoms with E-state index in [4.69, 9.17) is 4.74 Å². The molecule has 0 unspecified atom stereocenters. The summed E-state index contributed by atoms with van der Waals surface area (Å²) in [6.07, 6.45) is 5.68. The predicted molar refractivity (Wildman–Crippen MR) is 126 cm³/mol. The van der Waals surface area contributed by atoms with Crippen molar-refractivity contribution in [3.05, 3.63) is 65.7 Å². The molecule has 166 valence electrons. The van der Waals surface area contributed by atoms with Crippen LogP contribution < -0.4 is 20.7 Å². The van der Waals surface area contributed by atoms with Crippen LogP contribution in [0.25, 0.3) is 0 Å². The second kappa shape index (κ2) is 10.8. The monoisotopic (exact) mass is 450 g/mol. The number of anilines is 2. The molecule has 0 radical (unpaired) electrons. The van der Waals surface area contributed by atoms with Gasteiger partial charge in [0.1, 0.15) is 5.75 Å². The molecule has 2 aromatic carbocycles. The standard InChI is InChI=1S/C24H26N4O3S/c29-22(27-20-13-7-8-14-21(20)31-19-11-5-2-6-12-19)15-18-16-32-24(26-18)28-23(30)25-17-9-3-1-4-10-17/h2,5-8,11-14,16-17H,1,3-4,9-10,15H2,(H,27,29)(H2,25,26,28,30). The van der Waals surface area contributed by atoms with Gasteiger partial charge in [-0.3, -0.25) is 10.1 Å². The lowest BCUT2D eigenvalue weighted by atomic mass is 9.96. The molecule has 3 amide bonds. The van der Waals surface area contributed by atoms with Crippen LogP contribution >= 0.6 is 11.3 Å². The van der Waals surface area contributed by atoms with Crippen LogP contribution in [0.2, 0.25) is 0 Å². The number of carbonyl (C=O) groups excluding carboxylic acids is 2. The highest BCUT2D eigenvalue weighted by Gasteiger charge is 2.17. The minimum atomic E-state index is -0.241. The average molecular weight is 451 g/mol. The molecule has 3 aromatic rings.